The molecule has 0 aliphatic rings. The molecule has 2 unspecified atom stereocenters. The number of rotatable bonds is 18. The predicted molar refractivity (Wildman–Crippen MR) is 129 cm³/mol. The Hall–Kier alpha value is -1.76. The van der Waals surface area contributed by atoms with Crippen LogP contribution < -0.4 is 16.0 Å². The van der Waals surface area contributed by atoms with E-state index in [4.69, 9.17) is 9.47 Å². The molecule has 0 saturated carbocycles. The van der Waals surface area contributed by atoms with E-state index >= 15 is 0 Å². The van der Waals surface area contributed by atoms with Gasteiger partial charge < -0.3 is 25.4 Å². The van der Waals surface area contributed by atoms with E-state index in [9.17, 15) is 0 Å². The molecule has 0 spiro atoms. The summed E-state index contributed by atoms with van der Waals surface area (Å²) < 4.78 is 11.9. The Morgan fingerprint density at radius 2 is 1.06 bits per heavy atom. The van der Waals surface area contributed by atoms with Crippen molar-refractivity contribution in [1.82, 2.24) is 16.0 Å². The first-order valence-corrected chi connectivity index (χ1v) is 11.7. The highest BCUT2D eigenvalue weighted by Gasteiger charge is 2.12. The fourth-order valence-electron chi connectivity index (χ4n) is 3.30. The number of benzene rings is 2. The van der Waals surface area contributed by atoms with Gasteiger partial charge in [-0.3, -0.25) is 0 Å². The Kier molecular flexibility index (Phi) is 13.9. The molecular weight excluding hydrogens is 386 g/mol. The van der Waals surface area contributed by atoms with E-state index in [2.05, 4.69) is 78.3 Å². The van der Waals surface area contributed by atoms with Gasteiger partial charge in [0.2, 0.25) is 0 Å². The predicted octanol–water partition coefficient (Wildman–Crippen LogP) is 3.75. The minimum atomic E-state index is 0.292. The zero-order valence-electron chi connectivity index (χ0n) is 19.3. The summed E-state index contributed by atoms with van der Waals surface area (Å²) in [6, 6.07) is 21.3. The third-order valence-corrected chi connectivity index (χ3v) is 5.01. The van der Waals surface area contributed by atoms with Gasteiger partial charge in [-0.15, -0.1) is 0 Å². The van der Waals surface area contributed by atoms with Crippen LogP contribution in [0.1, 0.15) is 37.8 Å². The maximum Gasteiger partial charge on any atom is 0.0717 e. The lowest BCUT2D eigenvalue weighted by atomic mass is 10.2. The highest BCUT2D eigenvalue weighted by Crippen LogP contribution is 2.02. The molecule has 0 heterocycles. The van der Waals surface area contributed by atoms with Crippen LogP contribution in [0.2, 0.25) is 0 Å². The van der Waals surface area contributed by atoms with Crippen LogP contribution in [0.5, 0.6) is 0 Å². The molecule has 5 heteroatoms. The van der Waals surface area contributed by atoms with Crippen molar-refractivity contribution in [3.63, 3.8) is 0 Å². The summed E-state index contributed by atoms with van der Waals surface area (Å²) in [5, 5.41) is 10.8. The number of ether oxygens (including phenoxy) is 2. The average molecular weight is 428 g/mol. The zero-order valence-corrected chi connectivity index (χ0v) is 19.3. The van der Waals surface area contributed by atoms with Crippen molar-refractivity contribution in [2.24, 2.45) is 0 Å². The minimum absolute atomic E-state index is 0.292. The second-order valence-corrected chi connectivity index (χ2v) is 7.96. The Morgan fingerprint density at radius 3 is 1.45 bits per heavy atom. The first-order chi connectivity index (χ1) is 15.3. The van der Waals surface area contributed by atoms with E-state index in [1.54, 1.807) is 0 Å². The van der Waals surface area contributed by atoms with Gasteiger partial charge >= 0.3 is 0 Å². The van der Waals surface area contributed by atoms with Gasteiger partial charge in [-0.05, 0) is 37.1 Å². The Labute approximate surface area is 188 Å². The highest BCUT2D eigenvalue weighted by atomic mass is 16.5. The maximum atomic E-state index is 5.97. The van der Waals surface area contributed by atoms with Crippen molar-refractivity contribution in [3.05, 3.63) is 71.8 Å². The number of nitrogens with one attached hydrogen (secondary N) is 3. The quantitative estimate of drug-likeness (QED) is 0.338. The van der Waals surface area contributed by atoms with Crippen LogP contribution >= 0.6 is 0 Å². The van der Waals surface area contributed by atoms with E-state index < -0.39 is 0 Å². The summed E-state index contributed by atoms with van der Waals surface area (Å²) in [6.07, 6.45) is 2.23. The number of hydrogen-bond donors (Lipinski definition) is 3. The summed E-state index contributed by atoms with van der Waals surface area (Å²) in [6.45, 7) is 10.8. The molecule has 0 radical (unpaired) electrons. The lowest BCUT2D eigenvalue weighted by molar-refractivity contribution is 0.0917. The third-order valence-electron chi connectivity index (χ3n) is 5.01. The SMILES string of the molecule is CCCNC(CNCC(COCc1ccccc1)NCCC)COCc1ccccc1. The van der Waals surface area contributed by atoms with Gasteiger partial charge in [0.25, 0.3) is 0 Å². The van der Waals surface area contributed by atoms with Crippen LogP contribution in [0.4, 0.5) is 0 Å². The molecule has 0 bridgehead atoms. The van der Waals surface area contributed by atoms with Crippen molar-refractivity contribution in [3.8, 4) is 0 Å². The van der Waals surface area contributed by atoms with Crippen molar-refractivity contribution in [1.29, 1.82) is 0 Å². The molecule has 2 rings (SSSR count). The second-order valence-electron chi connectivity index (χ2n) is 7.96. The van der Waals surface area contributed by atoms with Crippen LogP contribution in [-0.4, -0.2) is 51.5 Å². The van der Waals surface area contributed by atoms with Crippen LogP contribution in [0, 0.1) is 0 Å². The van der Waals surface area contributed by atoms with Gasteiger partial charge in [-0.25, -0.2) is 0 Å². The summed E-state index contributed by atoms with van der Waals surface area (Å²) in [4.78, 5) is 0. The van der Waals surface area contributed by atoms with Gasteiger partial charge in [0.15, 0.2) is 0 Å². The van der Waals surface area contributed by atoms with E-state index in [1.807, 2.05) is 12.1 Å². The molecule has 2 aromatic rings. The first-order valence-electron chi connectivity index (χ1n) is 11.7. The molecule has 5 nitrogen and oxygen atoms in total. The first kappa shape index (κ1) is 25.5. The summed E-state index contributed by atoms with van der Waals surface area (Å²) in [5.41, 5.74) is 2.42. The van der Waals surface area contributed by atoms with E-state index in [0.717, 1.165) is 39.0 Å². The Bertz CT molecular complexity index is 597. The molecule has 2 aromatic carbocycles. The Morgan fingerprint density at radius 1 is 0.645 bits per heavy atom. The lowest BCUT2D eigenvalue weighted by Gasteiger charge is -2.23. The van der Waals surface area contributed by atoms with Crippen molar-refractivity contribution < 1.29 is 9.47 Å². The van der Waals surface area contributed by atoms with E-state index in [1.165, 1.54) is 11.1 Å². The molecule has 2 atom stereocenters. The fourth-order valence-corrected chi connectivity index (χ4v) is 3.30. The van der Waals surface area contributed by atoms with Crippen LogP contribution in [0.25, 0.3) is 0 Å². The summed E-state index contributed by atoms with van der Waals surface area (Å²) in [7, 11) is 0. The molecule has 0 aromatic heterocycles. The molecule has 31 heavy (non-hydrogen) atoms. The van der Waals surface area contributed by atoms with Crippen LogP contribution in [-0.2, 0) is 22.7 Å². The fraction of sp³-hybridized carbons (Fsp3) is 0.538. The normalized spacial score (nSPS) is 13.2. The maximum absolute atomic E-state index is 5.97. The molecular formula is C26H41N3O2. The third kappa shape index (κ3) is 12.0. The zero-order chi connectivity index (χ0) is 22.0. The van der Waals surface area contributed by atoms with Gasteiger partial charge in [0.05, 0.1) is 26.4 Å². The molecule has 0 aliphatic heterocycles. The smallest absolute Gasteiger partial charge is 0.0717 e. The van der Waals surface area contributed by atoms with E-state index in [-0.39, 0.29) is 0 Å². The molecule has 0 amide bonds. The van der Waals surface area contributed by atoms with Gasteiger partial charge in [0, 0.05) is 25.2 Å². The topological polar surface area (TPSA) is 54.5 Å². The lowest BCUT2D eigenvalue weighted by Crippen LogP contribution is -2.47. The minimum Gasteiger partial charge on any atom is -0.375 e. The van der Waals surface area contributed by atoms with Gasteiger partial charge in [-0.1, -0.05) is 74.5 Å². The van der Waals surface area contributed by atoms with E-state index in [0.29, 0.717) is 38.5 Å². The summed E-state index contributed by atoms with van der Waals surface area (Å²) in [5.74, 6) is 0. The van der Waals surface area contributed by atoms with Gasteiger partial charge in [0.1, 0.15) is 0 Å². The number of hydrogen-bond acceptors (Lipinski definition) is 5. The molecule has 0 saturated heterocycles. The highest BCUT2D eigenvalue weighted by molar-refractivity contribution is 5.14. The molecule has 172 valence electrons. The van der Waals surface area contributed by atoms with Crippen molar-refractivity contribution in [2.45, 2.75) is 52.0 Å². The Balaban J connectivity index is 1.71. The van der Waals surface area contributed by atoms with Crippen LogP contribution in [0.3, 0.4) is 0 Å². The molecule has 0 fully saturated rings. The van der Waals surface area contributed by atoms with Gasteiger partial charge in [-0.2, -0.15) is 0 Å². The van der Waals surface area contributed by atoms with Crippen molar-refractivity contribution in [2.75, 3.05) is 39.4 Å². The second kappa shape index (κ2) is 16.9. The molecule has 3 N–H and O–H groups in total. The average Bonchev–Trinajstić information content (AvgIpc) is 2.81. The molecule has 0 aliphatic carbocycles. The summed E-state index contributed by atoms with van der Waals surface area (Å²) >= 11 is 0. The standard InChI is InChI=1S/C26H41N3O2/c1-3-15-28-25(21-30-19-23-11-7-5-8-12-23)17-27-18-26(29-16-4-2)22-31-20-24-13-9-6-10-14-24/h5-14,25-29H,3-4,15-22H2,1-2H3. The monoisotopic (exact) mass is 427 g/mol. The van der Waals surface area contributed by atoms with Crippen LogP contribution in [0.15, 0.2) is 60.7 Å². The van der Waals surface area contributed by atoms with Crippen molar-refractivity contribution >= 4 is 0 Å². The largest absolute Gasteiger partial charge is 0.375 e.